The van der Waals surface area contributed by atoms with Crippen LogP contribution < -0.4 is 10.6 Å². The molecule has 3 amide bonds. The molecule has 1 heterocycles. The number of aliphatic carboxylic acids is 1. The maximum absolute atomic E-state index is 13.0. The minimum absolute atomic E-state index is 0.191. The first-order chi connectivity index (χ1) is 14.2. The van der Waals surface area contributed by atoms with Crippen LogP contribution in [-0.2, 0) is 19.1 Å². The number of amides is 3. The Morgan fingerprint density at radius 2 is 1.58 bits per heavy atom. The smallest absolute Gasteiger partial charge is 0.408 e. The molecule has 0 bridgehead atoms. The Bertz CT molecular complexity index is 648. The molecule has 0 aliphatic carbocycles. The Morgan fingerprint density at radius 3 is 2.00 bits per heavy atom. The van der Waals surface area contributed by atoms with Crippen LogP contribution in [0, 0.1) is 17.8 Å². The van der Waals surface area contributed by atoms with Crippen LogP contribution >= 0.6 is 0 Å². The summed E-state index contributed by atoms with van der Waals surface area (Å²) in [6.45, 7) is 13.5. The predicted octanol–water partition coefficient (Wildman–Crippen LogP) is 2.39. The molecular formula is C22H39N3O6. The minimum atomic E-state index is -1.05. The number of piperidine rings is 1. The second-order valence-electron chi connectivity index (χ2n) is 10.00. The second-order valence-corrected chi connectivity index (χ2v) is 10.00. The van der Waals surface area contributed by atoms with Crippen molar-refractivity contribution in [2.75, 3.05) is 13.1 Å². The summed E-state index contributed by atoms with van der Waals surface area (Å²) in [6.07, 6.45) is 0.743. The van der Waals surface area contributed by atoms with Gasteiger partial charge in [-0.3, -0.25) is 9.59 Å². The van der Waals surface area contributed by atoms with Gasteiger partial charge in [0.2, 0.25) is 11.8 Å². The third kappa shape index (κ3) is 9.14. The van der Waals surface area contributed by atoms with Crippen molar-refractivity contribution >= 4 is 23.9 Å². The van der Waals surface area contributed by atoms with Crippen molar-refractivity contribution in [2.24, 2.45) is 17.8 Å². The van der Waals surface area contributed by atoms with Crippen LogP contribution in [0.4, 0.5) is 4.79 Å². The van der Waals surface area contributed by atoms with Gasteiger partial charge >= 0.3 is 12.1 Å². The largest absolute Gasteiger partial charge is 0.480 e. The van der Waals surface area contributed by atoms with Crippen LogP contribution in [-0.4, -0.2) is 64.7 Å². The van der Waals surface area contributed by atoms with E-state index in [4.69, 9.17) is 4.74 Å². The second kappa shape index (κ2) is 11.3. The van der Waals surface area contributed by atoms with Crippen molar-refractivity contribution in [2.45, 2.75) is 85.4 Å². The number of carboxylic acids is 1. The first kappa shape index (κ1) is 26.7. The molecule has 2 atom stereocenters. The van der Waals surface area contributed by atoms with Crippen LogP contribution in [0.15, 0.2) is 0 Å². The molecule has 0 aromatic rings. The number of nitrogens with one attached hydrogen (secondary N) is 2. The van der Waals surface area contributed by atoms with Gasteiger partial charge in [-0.15, -0.1) is 0 Å². The molecule has 0 aromatic heterocycles. The number of carbonyl (C=O) groups excluding carboxylic acids is 3. The highest BCUT2D eigenvalue weighted by Gasteiger charge is 2.34. The van der Waals surface area contributed by atoms with E-state index in [9.17, 15) is 24.3 Å². The molecule has 1 fully saturated rings. The van der Waals surface area contributed by atoms with Gasteiger partial charge in [-0.1, -0.05) is 27.7 Å². The van der Waals surface area contributed by atoms with Crippen LogP contribution in [0.1, 0.15) is 67.7 Å². The lowest BCUT2D eigenvalue weighted by atomic mass is 9.93. The summed E-state index contributed by atoms with van der Waals surface area (Å²) in [5.74, 6) is -1.91. The van der Waals surface area contributed by atoms with Gasteiger partial charge < -0.3 is 25.4 Å². The molecule has 9 nitrogen and oxygen atoms in total. The molecule has 3 N–H and O–H groups in total. The molecule has 9 heteroatoms. The zero-order valence-corrected chi connectivity index (χ0v) is 19.9. The number of nitrogens with zero attached hydrogens (tertiary/aromatic N) is 1. The highest BCUT2D eigenvalue weighted by Crippen LogP contribution is 2.20. The van der Waals surface area contributed by atoms with Crippen molar-refractivity contribution in [3.05, 3.63) is 0 Å². The van der Waals surface area contributed by atoms with E-state index in [2.05, 4.69) is 10.6 Å². The quantitative estimate of drug-likeness (QED) is 0.531. The van der Waals surface area contributed by atoms with Gasteiger partial charge in [0, 0.05) is 19.0 Å². The lowest BCUT2D eigenvalue weighted by Crippen LogP contribution is -2.53. The number of hydrogen-bond donors (Lipinski definition) is 3. The van der Waals surface area contributed by atoms with Crippen LogP contribution in [0.25, 0.3) is 0 Å². The van der Waals surface area contributed by atoms with Gasteiger partial charge in [-0.05, 0) is 51.9 Å². The lowest BCUT2D eigenvalue weighted by molar-refractivity contribution is -0.144. The van der Waals surface area contributed by atoms with Gasteiger partial charge in [-0.2, -0.15) is 0 Å². The Morgan fingerprint density at radius 1 is 1.03 bits per heavy atom. The number of alkyl carbamates (subject to hydrolysis) is 1. The summed E-state index contributed by atoms with van der Waals surface area (Å²) in [5, 5.41) is 14.6. The fourth-order valence-electron chi connectivity index (χ4n) is 3.51. The average molecular weight is 442 g/mol. The van der Waals surface area contributed by atoms with Crippen LogP contribution in [0.2, 0.25) is 0 Å². The molecule has 0 unspecified atom stereocenters. The monoisotopic (exact) mass is 441 g/mol. The molecule has 0 aromatic carbocycles. The van der Waals surface area contributed by atoms with Crippen LogP contribution in [0.5, 0.6) is 0 Å². The molecule has 1 saturated heterocycles. The Hall–Kier alpha value is -2.32. The van der Waals surface area contributed by atoms with Crippen molar-refractivity contribution in [1.82, 2.24) is 15.5 Å². The molecule has 31 heavy (non-hydrogen) atoms. The normalized spacial score (nSPS) is 17.3. The summed E-state index contributed by atoms with van der Waals surface area (Å²) < 4.78 is 5.29. The minimum Gasteiger partial charge on any atom is -0.480 e. The van der Waals surface area contributed by atoms with E-state index >= 15 is 0 Å². The highest BCUT2D eigenvalue weighted by atomic mass is 16.6. The number of carboxylic acid groups (broad SMARTS) is 1. The third-order valence-electron chi connectivity index (χ3n) is 5.10. The standard InChI is InChI=1S/C22H39N3O6/c1-13(2)12-16(23-21(30)31-22(5,6)7)19(27)25-10-8-15(9-11-25)18(26)24-17(14(3)4)20(28)29/h13-17H,8-12H2,1-7H3,(H,23,30)(H,24,26)(H,28,29)/t16-,17-/m1/s1. The number of likely N-dealkylation sites (tertiary alicyclic amines) is 1. The predicted molar refractivity (Wildman–Crippen MR) is 116 cm³/mol. The number of hydrogen-bond acceptors (Lipinski definition) is 5. The topological polar surface area (TPSA) is 125 Å². The van der Waals surface area contributed by atoms with Crippen molar-refractivity contribution in [1.29, 1.82) is 0 Å². The van der Waals surface area contributed by atoms with E-state index < -0.39 is 29.7 Å². The van der Waals surface area contributed by atoms with E-state index in [1.807, 2.05) is 13.8 Å². The maximum atomic E-state index is 13.0. The Balaban J connectivity index is 2.70. The van der Waals surface area contributed by atoms with E-state index in [1.165, 1.54) is 0 Å². The SMILES string of the molecule is CC(C)C[C@@H](NC(=O)OC(C)(C)C)C(=O)N1CCC(C(=O)N[C@@H](C(=O)O)C(C)C)CC1. The zero-order valence-electron chi connectivity index (χ0n) is 19.9. The fraction of sp³-hybridized carbons (Fsp3) is 0.818. The first-order valence-corrected chi connectivity index (χ1v) is 11.0. The summed E-state index contributed by atoms with van der Waals surface area (Å²) >= 11 is 0. The molecule has 178 valence electrons. The van der Waals surface area contributed by atoms with Gasteiger partial charge in [0.05, 0.1) is 0 Å². The molecule has 1 rings (SSSR count). The van der Waals surface area contributed by atoms with Crippen LogP contribution in [0.3, 0.4) is 0 Å². The summed E-state index contributed by atoms with van der Waals surface area (Å²) in [5.41, 5.74) is -0.662. The summed E-state index contributed by atoms with van der Waals surface area (Å²) in [4.78, 5) is 50.7. The zero-order chi connectivity index (χ0) is 23.9. The molecule has 0 saturated carbocycles. The van der Waals surface area contributed by atoms with E-state index in [0.29, 0.717) is 32.4 Å². The summed E-state index contributed by atoms with van der Waals surface area (Å²) in [7, 11) is 0. The molecular weight excluding hydrogens is 402 g/mol. The summed E-state index contributed by atoms with van der Waals surface area (Å²) in [6, 6.07) is -1.63. The molecule has 0 spiro atoms. The van der Waals surface area contributed by atoms with Crippen molar-refractivity contribution in [3.63, 3.8) is 0 Å². The van der Waals surface area contributed by atoms with E-state index in [-0.39, 0.29) is 29.6 Å². The van der Waals surface area contributed by atoms with Crippen molar-refractivity contribution < 1.29 is 29.0 Å². The first-order valence-electron chi connectivity index (χ1n) is 11.0. The van der Waals surface area contributed by atoms with E-state index in [0.717, 1.165) is 0 Å². The maximum Gasteiger partial charge on any atom is 0.408 e. The molecule has 0 radical (unpaired) electrons. The third-order valence-corrected chi connectivity index (χ3v) is 5.10. The number of ether oxygens (including phenoxy) is 1. The van der Waals surface area contributed by atoms with Gasteiger partial charge in [0.1, 0.15) is 17.7 Å². The van der Waals surface area contributed by atoms with E-state index in [1.54, 1.807) is 39.5 Å². The number of rotatable bonds is 8. The van der Waals surface area contributed by atoms with Gasteiger partial charge in [0.15, 0.2) is 0 Å². The Labute approximate surface area is 185 Å². The van der Waals surface area contributed by atoms with Gasteiger partial charge in [-0.25, -0.2) is 9.59 Å². The highest BCUT2D eigenvalue weighted by molar-refractivity contribution is 5.87. The fourth-order valence-corrected chi connectivity index (χ4v) is 3.51. The van der Waals surface area contributed by atoms with Gasteiger partial charge in [0.25, 0.3) is 0 Å². The van der Waals surface area contributed by atoms with Crippen molar-refractivity contribution in [3.8, 4) is 0 Å². The Kier molecular flexibility index (Phi) is 9.77. The molecule has 1 aliphatic heterocycles. The lowest BCUT2D eigenvalue weighted by Gasteiger charge is -2.35. The molecule has 1 aliphatic rings. The average Bonchev–Trinajstić information content (AvgIpc) is 2.62. The number of carbonyl (C=O) groups is 4.